The van der Waals surface area contributed by atoms with Gasteiger partial charge in [0, 0.05) is 25.5 Å². The van der Waals surface area contributed by atoms with Gasteiger partial charge in [-0.25, -0.2) is 0 Å². The van der Waals surface area contributed by atoms with Crippen molar-refractivity contribution in [3.63, 3.8) is 0 Å². The van der Waals surface area contributed by atoms with Crippen LogP contribution in [0.4, 0.5) is 0 Å². The van der Waals surface area contributed by atoms with Crippen LogP contribution in [0.25, 0.3) is 11.0 Å². The van der Waals surface area contributed by atoms with E-state index >= 15 is 0 Å². The van der Waals surface area contributed by atoms with Crippen molar-refractivity contribution in [2.24, 2.45) is 0 Å². The second-order valence-corrected chi connectivity index (χ2v) is 4.81. The number of nitrogens with one attached hydrogen (secondary N) is 1. The zero-order valence-electron chi connectivity index (χ0n) is 9.39. The molecule has 2 atom stereocenters. The lowest BCUT2D eigenvalue weighted by molar-refractivity contribution is 0.454. The predicted octanol–water partition coefficient (Wildman–Crippen LogP) is 2.23. The van der Waals surface area contributed by atoms with Crippen molar-refractivity contribution in [1.29, 1.82) is 0 Å². The van der Waals surface area contributed by atoms with Crippen molar-refractivity contribution in [2.75, 3.05) is 13.1 Å². The Morgan fingerprint density at radius 2 is 1.47 bits per heavy atom. The van der Waals surface area contributed by atoms with E-state index in [0.29, 0.717) is 11.8 Å². The molecule has 2 aromatic rings. The number of piperidine rings is 1. The molecule has 0 saturated carbocycles. The highest BCUT2D eigenvalue weighted by molar-refractivity contribution is 5.85. The van der Waals surface area contributed by atoms with Crippen molar-refractivity contribution in [3.05, 3.63) is 35.7 Å². The van der Waals surface area contributed by atoms with E-state index in [0.717, 1.165) is 24.1 Å². The molecular weight excluding hydrogens is 234 g/mol. The number of hydrogen-bond acceptors (Lipinski definition) is 3. The summed E-state index contributed by atoms with van der Waals surface area (Å²) in [5.41, 5.74) is 5.08. The Labute approximate surface area is 106 Å². The summed E-state index contributed by atoms with van der Waals surface area (Å²) in [5.74, 6) is 1.39. The molecule has 1 aliphatic heterocycles. The van der Waals surface area contributed by atoms with Crippen LogP contribution in [-0.4, -0.2) is 23.1 Å². The lowest BCUT2D eigenvalue weighted by atomic mass is 9.98. The van der Waals surface area contributed by atoms with Crippen LogP contribution in [0.2, 0.25) is 0 Å². The molecule has 4 heteroatoms. The van der Waals surface area contributed by atoms with Gasteiger partial charge in [0.1, 0.15) is 0 Å². The highest BCUT2D eigenvalue weighted by atomic mass is 35.5. The van der Waals surface area contributed by atoms with E-state index in [1.165, 1.54) is 17.5 Å². The van der Waals surface area contributed by atoms with Gasteiger partial charge in [-0.3, -0.25) is 9.97 Å². The van der Waals surface area contributed by atoms with Crippen LogP contribution in [0.15, 0.2) is 24.5 Å². The standard InChI is InChI=1S/C13H13N3.ClH/c1-2-16-13-5-11-9-3-8(6-14-7-9)10(11)4-12(13)15-1;/h1-2,4-5,8-9,14H,3,6-7H2;1H/t8-,9?;/m0./s1. The summed E-state index contributed by atoms with van der Waals surface area (Å²) < 4.78 is 0. The highest BCUT2D eigenvalue weighted by Gasteiger charge is 2.34. The lowest BCUT2D eigenvalue weighted by Gasteiger charge is -2.19. The number of aromatic nitrogens is 2. The first-order chi connectivity index (χ1) is 7.92. The van der Waals surface area contributed by atoms with E-state index in [2.05, 4.69) is 27.4 Å². The van der Waals surface area contributed by atoms with Crippen LogP contribution in [0.1, 0.15) is 29.4 Å². The predicted molar refractivity (Wildman–Crippen MR) is 69.8 cm³/mol. The van der Waals surface area contributed by atoms with Crippen LogP contribution in [-0.2, 0) is 0 Å². The molecule has 0 amide bonds. The molecule has 0 radical (unpaired) electrons. The Morgan fingerprint density at radius 3 is 2.00 bits per heavy atom. The molecule has 3 nitrogen and oxygen atoms in total. The minimum absolute atomic E-state index is 0. The number of benzene rings is 1. The fourth-order valence-electron chi connectivity index (χ4n) is 3.17. The van der Waals surface area contributed by atoms with E-state index in [4.69, 9.17) is 0 Å². The Kier molecular flexibility index (Phi) is 2.53. The van der Waals surface area contributed by atoms with Gasteiger partial charge >= 0.3 is 0 Å². The molecule has 1 saturated heterocycles. The number of halogens is 1. The number of fused-ring (bicyclic) bond motifs is 6. The number of rotatable bonds is 0. The first kappa shape index (κ1) is 10.9. The van der Waals surface area contributed by atoms with Crippen LogP contribution < -0.4 is 5.32 Å². The topological polar surface area (TPSA) is 37.8 Å². The number of nitrogens with zero attached hydrogens (tertiary/aromatic N) is 2. The van der Waals surface area contributed by atoms with Crippen LogP contribution in [0.5, 0.6) is 0 Å². The lowest BCUT2D eigenvalue weighted by Crippen LogP contribution is -2.28. The molecule has 2 bridgehead atoms. The minimum Gasteiger partial charge on any atom is -0.316 e. The van der Waals surface area contributed by atoms with Gasteiger partial charge in [0.2, 0.25) is 0 Å². The van der Waals surface area contributed by atoms with Crippen molar-refractivity contribution in [2.45, 2.75) is 18.3 Å². The van der Waals surface area contributed by atoms with Gasteiger partial charge in [0.15, 0.2) is 0 Å². The molecule has 1 fully saturated rings. The summed E-state index contributed by atoms with van der Waals surface area (Å²) in [5, 5.41) is 3.51. The Hall–Kier alpha value is -1.19. The molecular formula is C13H14ClN3. The van der Waals surface area contributed by atoms with E-state index in [9.17, 15) is 0 Å². The maximum Gasteiger partial charge on any atom is 0.0889 e. The zero-order chi connectivity index (χ0) is 10.5. The summed E-state index contributed by atoms with van der Waals surface area (Å²) in [6.45, 7) is 2.24. The van der Waals surface area contributed by atoms with Crippen molar-refractivity contribution >= 4 is 23.4 Å². The van der Waals surface area contributed by atoms with Crippen molar-refractivity contribution in [1.82, 2.24) is 15.3 Å². The van der Waals surface area contributed by atoms with Gasteiger partial charge in [-0.05, 0) is 41.5 Å². The molecule has 1 unspecified atom stereocenters. The Bertz CT molecular complexity index is 521. The molecule has 0 spiro atoms. The third-order valence-electron chi connectivity index (χ3n) is 3.90. The summed E-state index contributed by atoms with van der Waals surface area (Å²) in [4.78, 5) is 8.78. The average molecular weight is 248 g/mol. The van der Waals surface area contributed by atoms with E-state index in [-0.39, 0.29) is 12.4 Å². The second kappa shape index (κ2) is 3.93. The van der Waals surface area contributed by atoms with Gasteiger partial charge < -0.3 is 5.32 Å². The first-order valence-corrected chi connectivity index (χ1v) is 5.87. The number of hydrogen-bond donors (Lipinski definition) is 1. The second-order valence-electron chi connectivity index (χ2n) is 4.81. The quantitative estimate of drug-likeness (QED) is 0.776. The third-order valence-corrected chi connectivity index (χ3v) is 3.90. The van der Waals surface area contributed by atoms with Crippen LogP contribution in [0, 0.1) is 0 Å². The average Bonchev–Trinajstić information content (AvgIpc) is 2.59. The molecule has 2 heterocycles. The van der Waals surface area contributed by atoms with Crippen molar-refractivity contribution < 1.29 is 0 Å². The smallest absolute Gasteiger partial charge is 0.0889 e. The molecule has 88 valence electrons. The largest absolute Gasteiger partial charge is 0.316 e. The Morgan fingerprint density at radius 1 is 0.941 bits per heavy atom. The van der Waals surface area contributed by atoms with Crippen LogP contribution >= 0.6 is 12.4 Å². The summed E-state index contributed by atoms with van der Waals surface area (Å²) >= 11 is 0. The van der Waals surface area contributed by atoms with E-state index in [1.807, 2.05) is 0 Å². The van der Waals surface area contributed by atoms with E-state index < -0.39 is 0 Å². The normalized spacial score (nSPS) is 25.4. The van der Waals surface area contributed by atoms with Gasteiger partial charge in [0.25, 0.3) is 0 Å². The fraction of sp³-hybridized carbons (Fsp3) is 0.385. The molecule has 1 aliphatic carbocycles. The van der Waals surface area contributed by atoms with Gasteiger partial charge in [-0.2, -0.15) is 0 Å². The molecule has 1 N–H and O–H groups in total. The molecule has 1 aromatic heterocycles. The summed E-state index contributed by atoms with van der Waals surface area (Å²) in [6.07, 6.45) is 4.85. The van der Waals surface area contributed by atoms with E-state index in [1.54, 1.807) is 12.4 Å². The third kappa shape index (κ3) is 1.53. The summed E-state index contributed by atoms with van der Waals surface area (Å²) in [7, 11) is 0. The zero-order valence-corrected chi connectivity index (χ0v) is 10.2. The van der Waals surface area contributed by atoms with Crippen molar-refractivity contribution in [3.8, 4) is 0 Å². The maximum atomic E-state index is 4.39. The molecule has 17 heavy (non-hydrogen) atoms. The first-order valence-electron chi connectivity index (χ1n) is 5.87. The molecule has 4 rings (SSSR count). The fourth-order valence-corrected chi connectivity index (χ4v) is 3.17. The van der Waals surface area contributed by atoms with Gasteiger partial charge in [-0.1, -0.05) is 0 Å². The van der Waals surface area contributed by atoms with Gasteiger partial charge in [-0.15, -0.1) is 12.4 Å². The minimum atomic E-state index is 0. The molecule has 1 aromatic carbocycles. The summed E-state index contributed by atoms with van der Waals surface area (Å²) in [6, 6.07) is 4.49. The monoisotopic (exact) mass is 247 g/mol. The highest BCUT2D eigenvalue weighted by Crippen LogP contribution is 2.44. The van der Waals surface area contributed by atoms with Crippen LogP contribution in [0.3, 0.4) is 0 Å². The SMILES string of the molecule is Cl.c1cnc2cc3c(cc2n1)C1CNC[C@@H]3C1. The maximum absolute atomic E-state index is 4.39. The Balaban J connectivity index is 0.000000902. The van der Waals surface area contributed by atoms with Gasteiger partial charge in [0.05, 0.1) is 11.0 Å². The molecule has 2 aliphatic rings.